The van der Waals surface area contributed by atoms with Gasteiger partial charge < -0.3 is 9.32 Å². The maximum Gasteiger partial charge on any atom is 0.136 e. The van der Waals surface area contributed by atoms with Crippen molar-refractivity contribution >= 4 is 60.5 Å². The van der Waals surface area contributed by atoms with Crippen LogP contribution in [-0.4, -0.2) is 0 Å². The van der Waals surface area contributed by atoms with E-state index in [1.165, 1.54) is 12.1 Å². The average molecular weight is 750 g/mol. The lowest BCUT2D eigenvalue weighted by Crippen LogP contribution is -2.12. The summed E-state index contributed by atoms with van der Waals surface area (Å²) < 4.78 is 94.4. The topological polar surface area (TPSA) is 16.4 Å². The highest BCUT2D eigenvalue weighted by molar-refractivity contribution is 6.19. The second-order valence-electron chi connectivity index (χ2n) is 14.1. The van der Waals surface area contributed by atoms with Gasteiger partial charge in [-0.2, -0.15) is 0 Å². The van der Waals surface area contributed by atoms with Crippen LogP contribution >= 0.6 is 0 Å². The van der Waals surface area contributed by atoms with Gasteiger partial charge in [0.25, 0.3) is 0 Å². The molecule has 0 radical (unpaired) electrons. The summed E-state index contributed by atoms with van der Waals surface area (Å²) in [5.41, 5.74) is 7.63. The first-order chi connectivity index (χ1) is 32.9. The quantitative estimate of drug-likeness (QED) is 0.161. The Labute approximate surface area is 351 Å². The van der Waals surface area contributed by atoms with Gasteiger partial charge in [-0.3, -0.25) is 0 Å². The minimum atomic E-state index is -0.530. The molecule has 0 saturated carbocycles. The molecular formula is C56H37NO. The maximum absolute atomic E-state index is 9.43. The number of nitrogens with zero attached hydrogens (tertiary/aromatic N) is 1. The fraction of sp³-hybridized carbons (Fsp3) is 0. The number of benzene rings is 10. The summed E-state index contributed by atoms with van der Waals surface area (Å²) in [6.45, 7) is 0. The maximum atomic E-state index is 9.43. The van der Waals surface area contributed by atoms with E-state index in [-0.39, 0.29) is 40.9 Å². The van der Waals surface area contributed by atoms with Crippen LogP contribution in [0.5, 0.6) is 0 Å². The largest absolute Gasteiger partial charge is 0.456 e. The highest BCUT2D eigenvalue weighted by atomic mass is 16.3. The normalized spacial score (nSPS) is 13.9. The predicted octanol–water partition coefficient (Wildman–Crippen LogP) is 16.0. The Bertz CT molecular complexity index is 3820. The molecule has 0 fully saturated rings. The van der Waals surface area contributed by atoms with Gasteiger partial charge in [0.2, 0.25) is 0 Å². The molecule has 0 atom stereocenters. The third-order valence-corrected chi connectivity index (χ3v) is 10.8. The van der Waals surface area contributed by atoms with Gasteiger partial charge in [-0.25, -0.2) is 0 Å². The average Bonchev–Trinajstić information content (AvgIpc) is 3.73. The van der Waals surface area contributed by atoms with E-state index < -0.39 is 30.2 Å². The van der Waals surface area contributed by atoms with Crippen LogP contribution in [0.3, 0.4) is 0 Å². The number of furan rings is 1. The van der Waals surface area contributed by atoms with Gasteiger partial charge in [-0.15, -0.1) is 0 Å². The molecule has 0 N–H and O–H groups in total. The lowest BCUT2D eigenvalue weighted by atomic mass is 9.93. The Morgan fingerprint density at radius 2 is 1.10 bits per heavy atom. The molecule has 0 aliphatic heterocycles. The van der Waals surface area contributed by atoms with Crippen molar-refractivity contribution in [2.75, 3.05) is 4.90 Å². The number of anilines is 3. The Balaban J connectivity index is 1.17. The highest BCUT2D eigenvalue weighted by Gasteiger charge is 2.22. The van der Waals surface area contributed by atoms with Crippen molar-refractivity contribution in [3.05, 3.63) is 224 Å². The van der Waals surface area contributed by atoms with Crippen LogP contribution in [0.15, 0.2) is 229 Å². The first-order valence-corrected chi connectivity index (χ1v) is 19.0. The number of hydrogen-bond donors (Lipinski definition) is 0. The first-order valence-electron chi connectivity index (χ1n) is 24.0. The van der Waals surface area contributed by atoms with E-state index in [2.05, 4.69) is 6.07 Å². The molecule has 0 spiro atoms. The molecule has 1 heterocycles. The molecule has 10 aromatic carbocycles. The molecule has 0 saturated heterocycles. The van der Waals surface area contributed by atoms with Crippen LogP contribution in [0.25, 0.3) is 88.0 Å². The molecule has 0 aliphatic rings. The summed E-state index contributed by atoms with van der Waals surface area (Å²) in [6.07, 6.45) is 0. The summed E-state index contributed by atoms with van der Waals surface area (Å²) in [5.74, 6) is 0. The Hall–Kier alpha value is -7.68. The van der Waals surface area contributed by atoms with Gasteiger partial charge in [0, 0.05) is 27.4 Å². The first kappa shape index (κ1) is 24.8. The zero-order chi connectivity index (χ0) is 47.1. The molecule has 2 heteroatoms. The Morgan fingerprint density at radius 1 is 0.362 bits per heavy atom. The van der Waals surface area contributed by atoms with E-state index in [0.29, 0.717) is 50.6 Å². The molecule has 0 aliphatic carbocycles. The van der Waals surface area contributed by atoms with E-state index in [9.17, 15) is 4.11 Å². The van der Waals surface area contributed by atoms with Crippen LogP contribution in [-0.2, 0) is 0 Å². The third-order valence-electron chi connectivity index (χ3n) is 10.8. The van der Waals surface area contributed by atoms with Crippen molar-refractivity contribution in [1.29, 1.82) is 0 Å². The number of hydrogen-bond acceptors (Lipinski definition) is 2. The summed E-state index contributed by atoms with van der Waals surface area (Å²) >= 11 is 0. The van der Waals surface area contributed by atoms with Crippen molar-refractivity contribution in [2.45, 2.75) is 0 Å². The van der Waals surface area contributed by atoms with Crippen molar-refractivity contribution in [3.63, 3.8) is 0 Å². The minimum Gasteiger partial charge on any atom is -0.456 e. The molecule has 1 aromatic heterocycles. The van der Waals surface area contributed by atoms with Crippen LogP contribution in [0.1, 0.15) is 13.7 Å². The Morgan fingerprint density at radius 3 is 1.95 bits per heavy atom. The molecule has 0 unspecified atom stereocenters. The zero-order valence-electron chi connectivity index (χ0n) is 40.9. The van der Waals surface area contributed by atoms with Crippen molar-refractivity contribution in [3.8, 4) is 44.5 Å². The van der Waals surface area contributed by atoms with Crippen molar-refractivity contribution in [1.82, 2.24) is 0 Å². The van der Waals surface area contributed by atoms with Crippen LogP contribution in [0, 0.1) is 0 Å². The van der Waals surface area contributed by atoms with Gasteiger partial charge in [0.15, 0.2) is 0 Å². The molecule has 58 heavy (non-hydrogen) atoms. The van der Waals surface area contributed by atoms with Crippen LogP contribution in [0.4, 0.5) is 17.1 Å². The number of rotatable bonds is 7. The minimum absolute atomic E-state index is 0.0147. The molecule has 11 aromatic rings. The second kappa shape index (κ2) is 14.1. The van der Waals surface area contributed by atoms with Crippen LogP contribution in [0.2, 0.25) is 0 Å². The van der Waals surface area contributed by atoms with E-state index >= 15 is 0 Å². The van der Waals surface area contributed by atoms with E-state index in [4.69, 9.17) is 14.0 Å². The second-order valence-corrected chi connectivity index (χ2v) is 14.1. The van der Waals surface area contributed by atoms with Gasteiger partial charge in [-0.05, 0) is 104 Å². The molecule has 11 rings (SSSR count). The van der Waals surface area contributed by atoms with Crippen LogP contribution < -0.4 is 4.90 Å². The van der Waals surface area contributed by atoms with Crippen molar-refractivity contribution in [2.24, 2.45) is 0 Å². The third kappa shape index (κ3) is 5.82. The Kier molecular flexibility index (Phi) is 6.02. The van der Waals surface area contributed by atoms with Gasteiger partial charge >= 0.3 is 0 Å². The molecule has 0 amide bonds. The van der Waals surface area contributed by atoms with Gasteiger partial charge in [0.1, 0.15) is 11.2 Å². The van der Waals surface area contributed by atoms with E-state index in [0.717, 1.165) is 43.8 Å². The smallest absolute Gasteiger partial charge is 0.136 e. The fourth-order valence-corrected chi connectivity index (χ4v) is 8.06. The molecule has 0 bridgehead atoms. The zero-order valence-corrected chi connectivity index (χ0v) is 30.9. The fourth-order valence-electron chi connectivity index (χ4n) is 8.06. The van der Waals surface area contributed by atoms with E-state index in [1.807, 2.05) is 120 Å². The van der Waals surface area contributed by atoms with Crippen molar-refractivity contribution < 1.29 is 18.1 Å². The number of fused-ring (bicyclic) bond motifs is 6. The summed E-state index contributed by atoms with van der Waals surface area (Å²) in [5, 5.41) is 4.62. The lowest BCUT2D eigenvalue weighted by molar-refractivity contribution is 0.669. The molecular weight excluding hydrogens is 703 g/mol. The highest BCUT2D eigenvalue weighted by Crippen LogP contribution is 2.47. The molecule has 2 nitrogen and oxygen atoms in total. The molecule has 272 valence electrons. The standard InChI is InChI=1S/C56H37NO/c1-4-14-38(15-5-1)40-24-29-45(30-25-40)57(53-33-27-42(39-16-6-2-7-17-39)37-51(53)41-18-8-3-9-19-41)52-34-32-46(48-20-10-11-21-49(48)52)43-26-31-47-44(36-43)28-35-55-56(47)50-22-12-13-23-54(50)58-55/h1-37H/i2D,3D,8D,9D,16D,17D,18D,19D,22D,31D. The van der Waals surface area contributed by atoms with E-state index in [1.54, 1.807) is 30.3 Å². The summed E-state index contributed by atoms with van der Waals surface area (Å²) in [4.78, 5) is 2.01. The number of para-hydroxylation sites is 1. The monoisotopic (exact) mass is 749 g/mol. The lowest BCUT2D eigenvalue weighted by Gasteiger charge is -2.30. The SMILES string of the molecule is [2H]c1cc([2H])c(-c2ccc(N(c3ccc(-c4ccccc4)cc3)c3ccc(-c4cc([2H])c5c(ccc6oc7cccc([2H])c7c65)c4)c4ccccc34)c(-c3c([2H])c([2H])c([2H])c([2H])c3[2H])c2)c([2H])c1. The summed E-state index contributed by atoms with van der Waals surface area (Å²) in [6, 6.07) is 49.1. The predicted molar refractivity (Wildman–Crippen MR) is 245 cm³/mol. The van der Waals surface area contributed by atoms with Gasteiger partial charge in [-0.1, -0.05) is 176 Å². The summed E-state index contributed by atoms with van der Waals surface area (Å²) in [7, 11) is 0. The van der Waals surface area contributed by atoms with Gasteiger partial charge in [0.05, 0.1) is 25.1 Å².